The van der Waals surface area contributed by atoms with Crippen molar-refractivity contribution >= 4 is 16.6 Å². The van der Waals surface area contributed by atoms with Gasteiger partial charge in [0.05, 0.1) is 0 Å². The second-order valence-corrected chi connectivity index (χ2v) is 4.46. The lowest BCUT2D eigenvalue weighted by Gasteiger charge is -2.10. The van der Waals surface area contributed by atoms with Crippen LogP contribution >= 0.6 is 0 Å². The third kappa shape index (κ3) is 2.36. The highest BCUT2D eigenvalue weighted by atomic mass is 16.1. The number of fused-ring (bicyclic) bond motifs is 1. The summed E-state index contributed by atoms with van der Waals surface area (Å²) in [6.45, 7) is 4.10. The van der Waals surface area contributed by atoms with Crippen LogP contribution in [-0.2, 0) is 0 Å². The van der Waals surface area contributed by atoms with Gasteiger partial charge in [0.15, 0.2) is 5.78 Å². The first-order valence-corrected chi connectivity index (χ1v) is 6.11. The molecule has 2 aromatic rings. The van der Waals surface area contributed by atoms with Gasteiger partial charge in [-0.05, 0) is 11.8 Å². The lowest BCUT2D eigenvalue weighted by Crippen LogP contribution is -2.11. The largest absolute Gasteiger partial charge is 0.294 e. The molecule has 1 unspecified atom stereocenters. The van der Waals surface area contributed by atoms with E-state index in [0.717, 1.165) is 29.2 Å². The Kier molecular flexibility index (Phi) is 3.52. The molecule has 0 spiro atoms. The van der Waals surface area contributed by atoms with E-state index in [1.807, 2.05) is 31.2 Å². The van der Waals surface area contributed by atoms with Crippen LogP contribution < -0.4 is 0 Å². The van der Waals surface area contributed by atoms with E-state index in [2.05, 4.69) is 11.9 Å². The van der Waals surface area contributed by atoms with Crippen LogP contribution in [0.15, 0.2) is 36.7 Å². The minimum atomic E-state index is 0.0765. The Labute approximate surface area is 102 Å². The molecule has 1 heterocycles. The van der Waals surface area contributed by atoms with E-state index in [4.69, 9.17) is 0 Å². The number of hydrogen-bond acceptors (Lipinski definition) is 2. The average Bonchev–Trinajstić information content (AvgIpc) is 2.37. The van der Waals surface area contributed by atoms with E-state index >= 15 is 0 Å². The summed E-state index contributed by atoms with van der Waals surface area (Å²) >= 11 is 0. The van der Waals surface area contributed by atoms with E-state index < -0.39 is 0 Å². The number of Topliss-reactive ketones (excluding diaryl/α,β-unsaturated/α-hetero) is 1. The molecule has 0 saturated carbocycles. The molecular formula is C15H17NO. The maximum Gasteiger partial charge on any atom is 0.167 e. The Morgan fingerprint density at radius 2 is 2.06 bits per heavy atom. The number of nitrogens with zero attached hydrogens (tertiary/aromatic N) is 1. The Hall–Kier alpha value is -1.70. The molecule has 1 aromatic carbocycles. The molecule has 0 N–H and O–H groups in total. The summed E-state index contributed by atoms with van der Waals surface area (Å²) in [5, 5.41) is 2.04. The summed E-state index contributed by atoms with van der Waals surface area (Å²) in [6.07, 6.45) is 5.46. The van der Waals surface area contributed by atoms with Crippen LogP contribution in [0.5, 0.6) is 0 Å². The van der Waals surface area contributed by atoms with Gasteiger partial charge in [-0.15, -0.1) is 0 Å². The zero-order valence-corrected chi connectivity index (χ0v) is 10.3. The number of rotatable bonds is 4. The first-order valence-electron chi connectivity index (χ1n) is 6.11. The van der Waals surface area contributed by atoms with Crippen LogP contribution in [0.25, 0.3) is 10.8 Å². The van der Waals surface area contributed by atoms with E-state index in [1.165, 1.54) is 0 Å². The SMILES string of the molecule is CCCC(C)C(=O)c1cncc2ccccc12. The van der Waals surface area contributed by atoms with Crippen LogP contribution in [0.1, 0.15) is 37.0 Å². The number of benzene rings is 1. The van der Waals surface area contributed by atoms with Crippen LogP contribution in [-0.4, -0.2) is 10.8 Å². The molecule has 0 fully saturated rings. The Morgan fingerprint density at radius 3 is 2.82 bits per heavy atom. The smallest absolute Gasteiger partial charge is 0.167 e. The molecule has 2 rings (SSSR count). The fraction of sp³-hybridized carbons (Fsp3) is 0.333. The highest BCUT2D eigenvalue weighted by Gasteiger charge is 2.16. The predicted molar refractivity (Wildman–Crippen MR) is 70.1 cm³/mol. The zero-order chi connectivity index (χ0) is 12.3. The second-order valence-electron chi connectivity index (χ2n) is 4.46. The number of pyridine rings is 1. The van der Waals surface area contributed by atoms with E-state index in [1.54, 1.807) is 12.4 Å². The first-order chi connectivity index (χ1) is 8.24. The molecule has 1 atom stereocenters. The molecular weight excluding hydrogens is 210 g/mol. The van der Waals surface area contributed by atoms with E-state index in [-0.39, 0.29) is 11.7 Å². The Bertz CT molecular complexity index is 528. The third-order valence-corrected chi connectivity index (χ3v) is 3.10. The molecule has 2 heteroatoms. The molecule has 2 nitrogen and oxygen atoms in total. The third-order valence-electron chi connectivity index (χ3n) is 3.10. The van der Waals surface area contributed by atoms with Crippen LogP contribution in [0.4, 0.5) is 0 Å². The van der Waals surface area contributed by atoms with Gasteiger partial charge >= 0.3 is 0 Å². The normalized spacial score (nSPS) is 12.6. The maximum atomic E-state index is 12.3. The Balaban J connectivity index is 2.45. The molecule has 0 radical (unpaired) electrons. The van der Waals surface area contributed by atoms with Crippen molar-refractivity contribution in [2.45, 2.75) is 26.7 Å². The molecule has 0 aliphatic rings. The lowest BCUT2D eigenvalue weighted by molar-refractivity contribution is 0.0925. The predicted octanol–water partition coefficient (Wildman–Crippen LogP) is 3.85. The topological polar surface area (TPSA) is 30.0 Å². The molecule has 0 amide bonds. The summed E-state index contributed by atoms with van der Waals surface area (Å²) in [6, 6.07) is 7.91. The summed E-state index contributed by atoms with van der Waals surface area (Å²) < 4.78 is 0. The zero-order valence-electron chi connectivity index (χ0n) is 10.3. The van der Waals surface area contributed by atoms with Gasteiger partial charge in [0.25, 0.3) is 0 Å². The van der Waals surface area contributed by atoms with Gasteiger partial charge in [-0.2, -0.15) is 0 Å². The number of carbonyl (C=O) groups excluding carboxylic acids is 1. The first kappa shape index (κ1) is 11.8. The summed E-state index contributed by atoms with van der Waals surface area (Å²) in [7, 11) is 0. The Morgan fingerprint density at radius 1 is 1.29 bits per heavy atom. The summed E-state index contributed by atoms with van der Waals surface area (Å²) in [5.41, 5.74) is 0.754. The van der Waals surface area contributed by atoms with Gasteiger partial charge in [-0.25, -0.2) is 0 Å². The lowest BCUT2D eigenvalue weighted by atomic mass is 9.93. The highest BCUT2D eigenvalue weighted by Crippen LogP contribution is 2.21. The maximum absolute atomic E-state index is 12.3. The number of aromatic nitrogens is 1. The van der Waals surface area contributed by atoms with E-state index in [9.17, 15) is 4.79 Å². The second kappa shape index (κ2) is 5.09. The highest BCUT2D eigenvalue weighted by molar-refractivity contribution is 6.08. The molecule has 1 aromatic heterocycles. The van der Waals surface area contributed by atoms with Gasteiger partial charge < -0.3 is 0 Å². The number of carbonyl (C=O) groups is 1. The van der Waals surface area contributed by atoms with Crippen molar-refractivity contribution in [3.63, 3.8) is 0 Å². The standard InChI is InChI=1S/C15H17NO/c1-3-6-11(2)15(17)14-10-16-9-12-7-4-5-8-13(12)14/h4-5,7-11H,3,6H2,1-2H3. The molecule has 0 aliphatic carbocycles. The average molecular weight is 227 g/mol. The molecule has 17 heavy (non-hydrogen) atoms. The number of hydrogen-bond donors (Lipinski definition) is 0. The van der Waals surface area contributed by atoms with Crippen molar-refractivity contribution < 1.29 is 4.79 Å². The molecule has 0 saturated heterocycles. The van der Waals surface area contributed by atoms with Crippen molar-refractivity contribution in [2.24, 2.45) is 5.92 Å². The fourth-order valence-corrected chi connectivity index (χ4v) is 2.14. The van der Waals surface area contributed by atoms with Crippen molar-refractivity contribution in [1.29, 1.82) is 0 Å². The molecule has 0 aliphatic heterocycles. The molecule has 0 bridgehead atoms. The van der Waals surface area contributed by atoms with Crippen molar-refractivity contribution in [2.75, 3.05) is 0 Å². The summed E-state index contributed by atoms with van der Waals surface area (Å²) in [5.74, 6) is 0.281. The van der Waals surface area contributed by atoms with E-state index in [0.29, 0.717) is 0 Å². The van der Waals surface area contributed by atoms with Crippen LogP contribution in [0.3, 0.4) is 0 Å². The van der Waals surface area contributed by atoms with Crippen LogP contribution in [0.2, 0.25) is 0 Å². The number of ketones is 1. The molecule has 88 valence electrons. The van der Waals surface area contributed by atoms with Crippen molar-refractivity contribution in [1.82, 2.24) is 4.98 Å². The fourth-order valence-electron chi connectivity index (χ4n) is 2.14. The van der Waals surface area contributed by atoms with Gasteiger partial charge in [-0.1, -0.05) is 44.5 Å². The van der Waals surface area contributed by atoms with Gasteiger partial charge in [0, 0.05) is 29.3 Å². The minimum absolute atomic E-state index is 0.0765. The van der Waals surface area contributed by atoms with Gasteiger partial charge in [-0.3, -0.25) is 9.78 Å². The van der Waals surface area contributed by atoms with Crippen molar-refractivity contribution in [3.8, 4) is 0 Å². The minimum Gasteiger partial charge on any atom is -0.294 e. The quantitative estimate of drug-likeness (QED) is 0.742. The van der Waals surface area contributed by atoms with Gasteiger partial charge in [0.1, 0.15) is 0 Å². The monoisotopic (exact) mass is 227 g/mol. The van der Waals surface area contributed by atoms with Crippen molar-refractivity contribution in [3.05, 3.63) is 42.2 Å². The van der Waals surface area contributed by atoms with Crippen LogP contribution in [0, 0.1) is 5.92 Å². The summed E-state index contributed by atoms with van der Waals surface area (Å²) in [4.78, 5) is 16.5. The van der Waals surface area contributed by atoms with Gasteiger partial charge in [0.2, 0.25) is 0 Å².